The van der Waals surface area contributed by atoms with Crippen LogP contribution in [0.3, 0.4) is 0 Å². The molecule has 4 nitrogen and oxygen atoms in total. The number of benzene rings is 1. The number of aromatic nitrogens is 1. The van der Waals surface area contributed by atoms with Crippen molar-refractivity contribution in [2.24, 2.45) is 7.05 Å². The van der Waals surface area contributed by atoms with E-state index in [-0.39, 0.29) is 5.91 Å². The summed E-state index contributed by atoms with van der Waals surface area (Å²) in [7, 11) is 5.45. The summed E-state index contributed by atoms with van der Waals surface area (Å²) in [6.07, 6.45) is 1.99. The number of aryl methyl sites for hydroxylation is 1. The topological polar surface area (TPSA) is 37.3 Å². The maximum absolute atomic E-state index is 11.9. The highest BCUT2D eigenvalue weighted by atomic mass is 35.5. The van der Waals surface area contributed by atoms with E-state index in [1.165, 1.54) is 0 Å². The van der Waals surface area contributed by atoms with Crippen LogP contribution >= 0.6 is 11.6 Å². The van der Waals surface area contributed by atoms with Crippen LogP contribution in [0.1, 0.15) is 16.1 Å². The van der Waals surface area contributed by atoms with Crippen LogP contribution in [0.5, 0.6) is 0 Å². The van der Waals surface area contributed by atoms with Gasteiger partial charge in [0.1, 0.15) is 0 Å². The van der Waals surface area contributed by atoms with Crippen LogP contribution in [0, 0.1) is 0 Å². The Hall–Kier alpha value is -1.94. The van der Waals surface area contributed by atoms with E-state index in [2.05, 4.69) is 5.32 Å². The van der Waals surface area contributed by atoms with Crippen LogP contribution < -0.4 is 5.32 Å². The van der Waals surface area contributed by atoms with E-state index in [4.69, 9.17) is 11.6 Å². The third-order valence-electron chi connectivity index (χ3n) is 3.13. The molecular weight excluding hydrogens is 274 g/mol. The van der Waals surface area contributed by atoms with Gasteiger partial charge in [-0.15, -0.1) is 0 Å². The van der Waals surface area contributed by atoms with Gasteiger partial charge < -0.3 is 14.8 Å². The molecule has 0 radical (unpaired) electrons. The number of nitrogens with one attached hydrogen (secondary N) is 1. The smallest absolute Gasteiger partial charge is 0.253 e. The van der Waals surface area contributed by atoms with Gasteiger partial charge >= 0.3 is 0 Å². The van der Waals surface area contributed by atoms with E-state index in [0.717, 1.165) is 11.4 Å². The van der Waals surface area contributed by atoms with E-state index < -0.39 is 0 Å². The summed E-state index contributed by atoms with van der Waals surface area (Å²) >= 11 is 6.17. The van der Waals surface area contributed by atoms with Gasteiger partial charge in [0.25, 0.3) is 5.91 Å². The Morgan fingerprint density at radius 1 is 1.35 bits per heavy atom. The van der Waals surface area contributed by atoms with Crippen LogP contribution in [0.2, 0.25) is 5.02 Å². The number of carbonyl (C=O) groups excluding carboxylic acids is 1. The van der Waals surface area contributed by atoms with Crippen molar-refractivity contribution in [1.29, 1.82) is 0 Å². The van der Waals surface area contributed by atoms with Crippen LogP contribution in [-0.4, -0.2) is 29.5 Å². The van der Waals surface area contributed by atoms with E-state index in [0.29, 0.717) is 17.1 Å². The van der Waals surface area contributed by atoms with Gasteiger partial charge in [-0.2, -0.15) is 0 Å². The summed E-state index contributed by atoms with van der Waals surface area (Å²) in [5.74, 6) is -0.0383. The van der Waals surface area contributed by atoms with Crippen molar-refractivity contribution < 1.29 is 4.79 Å². The molecule has 0 aliphatic heterocycles. The standard InChI is InChI=1S/C15H18ClN3O/c1-18(2)15(20)11-6-7-13(16)14(9-11)17-10-12-5-4-8-19(12)3/h4-9,17H,10H2,1-3H3. The lowest BCUT2D eigenvalue weighted by Crippen LogP contribution is -2.21. The van der Waals surface area contributed by atoms with Crippen molar-refractivity contribution in [1.82, 2.24) is 9.47 Å². The Kier molecular flexibility index (Phi) is 4.35. The van der Waals surface area contributed by atoms with Gasteiger partial charge in [-0.05, 0) is 30.3 Å². The Balaban J connectivity index is 2.17. The maximum atomic E-state index is 11.9. The largest absolute Gasteiger partial charge is 0.378 e. The molecule has 0 aliphatic carbocycles. The van der Waals surface area contributed by atoms with Crippen LogP contribution in [0.4, 0.5) is 5.69 Å². The molecule has 1 heterocycles. The SMILES string of the molecule is CN(C)C(=O)c1ccc(Cl)c(NCc2cccn2C)c1. The second-order valence-corrected chi connectivity index (χ2v) is 5.27. The lowest BCUT2D eigenvalue weighted by Gasteiger charge is -2.13. The molecule has 0 saturated heterocycles. The molecule has 20 heavy (non-hydrogen) atoms. The van der Waals surface area contributed by atoms with E-state index >= 15 is 0 Å². The van der Waals surface area contributed by atoms with Crippen LogP contribution in [0.25, 0.3) is 0 Å². The highest BCUT2D eigenvalue weighted by Gasteiger charge is 2.10. The number of nitrogens with zero attached hydrogens (tertiary/aromatic N) is 2. The summed E-state index contributed by atoms with van der Waals surface area (Å²) in [5.41, 5.74) is 2.53. The first kappa shape index (κ1) is 14.5. The average molecular weight is 292 g/mol. The monoisotopic (exact) mass is 291 g/mol. The van der Waals surface area contributed by atoms with Crippen molar-refractivity contribution in [3.63, 3.8) is 0 Å². The van der Waals surface area contributed by atoms with Crippen LogP contribution in [-0.2, 0) is 13.6 Å². The van der Waals surface area contributed by atoms with Gasteiger partial charge in [-0.1, -0.05) is 11.6 Å². The zero-order valence-electron chi connectivity index (χ0n) is 11.9. The van der Waals surface area contributed by atoms with Gasteiger partial charge in [0.05, 0.1) is 17.3 Å². The highest BCUT2D eigenvalue weighted by molar-refractivity contribution is 6.33. The fourth-order valence-corrected chi connectivity index (χ4v) is 2.10. The zero-order chi connectivity index (χ0) is 14.7. The van der Waals surface area contributed by atoms with Gasteiger partial charge in [-0.3, -0.25) is 4.79 Å². The molecule has 1 aromatic heterocycles. The fraction of sp³-hybridized carbons (Fsp3) is 0.267. The first-order chi connectivity index (χ1) is 9.49. The normalized spacial score (nSPS) is 10.4. The van der Waals surface area contributed by atoms with Crippen molar-refractivity contribution in [3.05, 3.63) is 52.8 Å². The number of hydrogen-bond acceptors (Lipinski definition) is 2. The quantitative estimate of drug-likeness (QED) is 0.940. The number of amides is 1. The second kappa shape index (κ2) is 6.01. The Labute approximate surface area is 124 Å². The number of anilines is 1. The highest BCUT2D eigenvalue weighted by Crippen LogP contribution is 2.24. The molecular formula is C15H18ClN3O. The number of carbonyl (C=O) groups is 1. The maximum Gasteiger partial charge on any atom is 0.253 e. The predicted molar refractivity (Wildman–Crippen MR) is 82.2 cm³/mol. The minimum absolute atomic E-state index is 0.0383. The molecule has 5 heteroatoms. The summed E-state index contributed by atoms with van der Waals surface area (Å²) in [4.78, 5) is 13.5. The molecule has 0 bridgehead atoms. The predicted octanol–water partition coefficient (Wildman–Crippen LogP) is 2.99. The third kappa shape index (κ3) is 3.14. The van der Waals surface area contributed by atoms with Gasteiger partial charge in [0.2, 0.25) is 0 Å². The third-order valence-corrected chi connectivity index (χ3v) is 3.46. The molecule has 0 spiro atoms. The molecule has 0 aliphatic rings. The summed E-state index contributed by atoms with van der Waals surface area (Å²) < 4.78 is 2.04. The molecule has 1 amide bonds. The second-order valence-electron chi connectivity index (χ2n) is 4.86. The van der Waals surface area contributed by atoms with E-state index in [9.17, 15) is 4.79 Å². The summed E-state index contributed by atoms with van der Waals surface area (Å²) in [6, 6.07) is 9.29. The molecule has 2 aromatic rings. The lowest BCUT2D eigenvalue weighted by molar-refractivity contribution is 0.0827. The average Bonchev–Trinajstić information content (AvgIpc) is 2.82. The minimum Gasteiger partial charge on any atom is -0.378 e. The first-order valence-corrected chi connectivity index (χ1v) is 6.72. The van der Waals surface area contributed by atoms with Gasteiger partial charge in [-0.25, -0.2) is 0 Å². The van der Waals surface area contributed by atoms with Crippen molar-refractivity contribution in [2.75, 3.05) is 19.4 Å². The number of rotatable bonds is 4. The van der Waals surface area contributed by atoms with E-state index in [1.54, 1.807) is 37.2 Å². The molecule has 106 valence electrons. The molecule has 0 saturated carbocycles. The first-order valence-electron chi connectivity index (χ1n) is 6.34. The van der Waals surface area contributed by atoms with Crippen LogP contribution in [0.15, 0.2) is 36.5 Å². The number of hydrogen-bond donors (Lipinski definition) is 1. The summed E-state index contributed by atoms with van der Waals surface area (Å²) in [6.45, 7) is 0.656. The molecule has 2 rings (SSSR count). The van der Waals surface area contributed by atoms with Crippen molar-refractivity contribution in [3.8, 4) is 0 Å². The zero-order valence-corrected chi connectivity index (χ0v) is 12.6. The molecule has 0 atom stereocenters. The fourth-order valence-electron chi connectivity index (χ4n) is 1.92. The van der Waals surface area contributed by atoms with E-state index in [1.807, 2.05) is 29.9 Å². The number of halogens is 1. The molecule has 1 N–H and O–H groups in total. The molecule has 0 unspecified atom stereocenters. The minimum atomic E-state index is -0.0383. The van der Waals surface area contributed by atoms with Gasteiger partial charge in [0.15, 0.2) is 0 Å². The van der Waals surface area contributed by atoms with Crippen molar-refractivity contribution >= 4 is 23.2 Å². The summed E-state index contributed by atoms with van der Waals surface area (Å²) in [5, 5.41) is 3.87. The Morgan fingerprint density at radius 2 is 2.10 bits per heavy atom. The van der Waals surface area contributed by atoms with Crippen molar-refractivity contribution in [2.45, 2.75) is 6.54 Å². The molecule has 0 fully saturated rings. The Morgan fingerprint density at radius 3 is 2.70 bits per heavy atom. The Bertz CT molecular complexity index is 619. The van der Waals surface area contributed by atoms with Gasteiger partial charge in [0, 0.05) is 38.6 Å². The lowest BCUT2D eigenvalue weighted by atomic mass is 10.1. The molecule has 1 aromatic carbocycles.